The lowest BCUT2D eigenvalue weighted by molar-refractivity contribution is -0.0133. The number of hydrogen-bond acceptors (Lipinski definition) is 5. The van der Waals surface area contributed by atoms with Crippen molar-refractivity contribution >= 4 is 17.3 Å². The number of carboxylic acid groups (broad SMARTS) is 1. The van der Waals surface area contributed by atoms with Crippen LogP contribution in [0.1, 0.15) is 49.2 Å². The molecule has 6 heteroatoms. The van der Waals surface area contributed by atoms with Crippen LogP contribution in [-0.2, 0) is 4.74 Å². The summed E-state index contributed by atoms with van der Waals surface area (Å²) >= 11 is 1.49. The maximum absolute atomic E-state index is 10.9. The van der Waals surface area contributed by atoms with E-state index in [1.54, 1.807) is 0 Å². The largest absolute Gasteiger partial charge is 0.478 e. The summed E-state index contributed by atoms with van der Waals surface area (Å²) in [4.78, 5) is 15.4. The fraction of sp³-hybridized carbons (Fsp3) is 0.467. The molecule has 0 aliphatic carbocycles. The van der Waals surface area contributed by atoms with Crippen LogP contribution in [0.25, 0.3) is 11.5 Å². The molecule has 2 aromatic rings. The number of furan rings is 1. The molecule has 0 spiro atoms. The van der Waals surface area contributed by atoms with E-state index in [2.05, 4.69) is 25.8 Å². The minimum absolute atomic E-state index is 0.0689. The van der Waals surface area contributed by atoms with Crippen molar-refractivity contribution < 1.29 is 19.1 Å². The lowest BCUT2D eigenvalue weighted by Crippen LogP contribution is -2.21. The Kier molecular flexibility index (Phi) is 4.49. The van der Waals surface area contributed by atoms with Crippen LogP contribution < -0.4 is 0 Å². The van der Waals surface area contributed by atoms with Crippen LogP contribution in [0.5, 0.6) is 0 Å². The second kappa shape index (κ2) is 5.99. The van der Waals surface area contributed by atoms with E-state index in [0.717, 1.165) is 5.01 Å². The van der Waals surface area contributed by atoms with Gasteiger partial charge in [0, 0.05) is 18.1 Å². The Morgan fingerprint density at radius 2 is 2.24 bits per heavy atom. The second-order valence-electron chi connectivity index (χ2n) is 5.78. The molecule has 2 aromatic heterocycles. The van der Waals surface area contributed by atoms with Gasteiger partial charge in [-0.2, -0.15) is 0 Å². The number of carboxylic acids is 1. The molecule has 1 unspecified atom stereocenters. The van der Waals surface area contributed by atoms with Gasteiger partial charge in [0.25, 0.3) is 0 Å². The van der Waals surface area contributed by atoms with Gasteiger partial charge in [-0.25, -0.2) is 9.78 Å². The van der Waals surface area contributed by atoms with E-state index < -0.39 is 5.97 Å². The van der Waals surface area contributed by atoms with Crippen LogP contribution >= 0.6 is 11.3 Å². The summed E-state index contributed by atoms with van der Waals surface area (Å²) in [6.07, 6.45) is 1.12. The Hall–Kier alpha value is -1.66. The molecule has 0 radical (unpaired) electrons. The highest BCUT2D eigenvalue weighted by Crippen LogP contribution is 2.38. The van der Waals surface area contributed by atoms with Gasteiger partial charge in [-0.15, -0.1) is 11.3 Å². The minimum Gasteiger partial charge on any atom is -0.478 e. The number of aromatic nitrogens is 1. The Bertz CT molecular complexity index is 624. The molecule has 0 saturated heterocycles. The summed E-state index contributed by atoms with van der Waals surface area (Å²) in [7, 11) is 0. The molecule has 114 valence electrons. The molecule has 21 heavy (non-hydrogen) atoms. The lowest BCUT2D eigenvalue weighted by atomic mass is 9.89. The third kappa shape index (κ3) is 3.51. The van der Waals surface area contributed by atoms with Crippen molar-refractivity contribution in [1.29, 1.82) is 0 Å². The zero-order valence-electron chi connectivity index (χ0n) is 12.5. The first-order valence-electron chi connectivity index (χ1n) is 6.72. The van der Waals surface area contributed by atoms with E-state index in [1.807, 2.05) is 12.3 Å². The predicted octanol–water partition coefficient (Wildman–Crippen LogP) is 4.23. The molecule has 5 nitrogen and oxygen atoms in total. The Morgan fingerprint density at radius 3 is 2.76 bits per heavy atom. The molecular formula is C15H19NO4S. The number of nitrogens with zero attached hydrogens (tertiary/aromatic N) is 1. The third-order valence-electron chi connectivity index (χ3n) is 2.96. The summed E-state index contributed by atoms with van der Waals surface area (Å²) in [5.74, 6) is -0.554. The lowest BCUT2D eigenvalue weighted by Gasteiger charge is -2.28. The summed E-state index contributed by atoms with van der Waals surface area (Å²) in [6.45, 7) is 8.87. The number of thiazole rings is 1. The Morgan fingerprint density at radius 1 is 1.52 bits per heavy atom. The van der Waals surface area contributed by atoms with Gasteiger partial charge in [0.2, 0.25) is 0 Å². The summed E-state index contributed by atoms with van der Waals surface area (Å²) in [6, 6.07) is 1.48. The molecule has 0 saturated carbocycles. The maximum atomic E-state index is 10.9. The first-order chi connectivity index (χ1) is 9.82. The maximum Gasteiger partial charge on any atom is 0.338 e. The van der Waals surface area contributed by atoms with Crippen molar-refractivity contribution in [3.8, 4) is 11.5 Å². The van der Waals surface area contributed by atoms with Crippen LogP contribution in [0.4, 0.5) is 0 Å². The van der Waals surface area contributed by atoms with Crippen molar-refractivity contribution in [3.05, 3.63) is 28.3 Å². The van der Waals surface area contributed by atoms with Crippen molar-refractivity contribution in [1.82, 2.24) is 4.98 Å². The van der Waals surface area contributed by atoms with Gasteiger partial charge < -0.3 is 14.3 Å². The second-order valence-corrected chi connectivity index (χ2v) is 6.67. The molecule has 0 fully saturated rings. The van der Waals surface area contributed by atoms with Crippen LogP contribution in [-0.4, -0.2) is 22.7 Å². The van der Waals surface area contributed by atoms with E-state index in [4.69, 9.17) is 14.3 Å². The Labute approximate surface area is 127 Å². The molecule has 0 bridgehead atoms. The van der Waals surface area contributed by atoms with Crippen molar-refractivity contribution in [2.75, 3.05) is 6.61 Å². The van der Waals surface area contributed by atoms with Crippen molar-refractivity contribution in [2.24, 2.45) is 5.41 Å². The molecule has 0 aromatic carbocycles. The van der Waals surface area contributed by atoms with Gasteiger partial charge in [-0.05, 0) is 12.3 Å². The highest BCUT2D eigenvalue weighted by molar-refractivity contribution is 7.10. The van der Waals surface area contributed by atoms with Gasteiger partial charge in [0.05, 0.1) is 5.56 Å². The van der Waals surface area contributed by atoms with Gasteiger partial charge >= 0.3 is 5.97 Å². The first kappa shape index (κ1) is 15.7. The predicted molar refractivity (Wildman–Crippen MR) is 80.6 cm³/mol. The Balaban J connectivity index is 2.29. The smallest absolute Gasteiger partial charge is 0.338 e. The van der Waals surface area contributed by atoms with Crippen LogP contribution in [0.15, 0.2) is 22.1 Å². The van der Waals surface area contributed by atoms with E-state index in [9.17, 15) is 4.79 Å². The van der Waals surface area contributed by atoms with E-state index >= 15 is 0 Å². The van der Waals surface area contributed by atoms with Gasteiger partial charge in [-0.1, -0.05) is 20.8 Å². The zero-order valence-corrected chi connectivity index (χ0v) is 13.4. The van der Waals surface area contributed by atoms with E-state index in [-0.39, 0.29) is 17.1 Å². The summed E-state index contributed by atoms with van der Waals surface area (Å²) in [5.41, 5.74) is 0.689. The van der Waals surface area contributed by atoms with Crippen LogP contribution in [0, 0.1) is 5.41 Å². The SMILES string of the molecule is CCOC(c1nc(-c2cc(C(=O)O)co2)cs1)C(C)(C)C. The average molecular weight is 309 g/mol. The summed E-state index contributed by atoms with van der Waals surface area (Å²) in [5, 5.41) is 11.6. The van der Waals surface area contributed by atoms with Gasteiger partial charge in [-0.3, -0.25) is 0 Å². The number of carbonyl (C=O) groups is 1. The molecule has 0 amide bonds. The highest BCUT2D eigenvalue weighted by atomic mass is 32.1. The summed E-state index contributed by atoms with van der Waals surface area (Å²) < 4.78 is 11.1. The van der Waals surface area contributed by atoms with E-state index in [1.165, 1.54) is 23.7 Å². The van der Waals surface area contributed by atoms with Crippen LogP contribution in [0.2, 0.25) is 0 Å². The van der Waals surface area contributed by atoms with E-state index in [0.29, 0.717) is 18.1 Å². The van der Waals surface area contributed by atoms with Crippen molar-refractivity contribution in [3.63, 3.8) is 0 Å². The number of hydrogen-bond donors (Lipinski definition) is 1. The standard InChI is InChI=1S/C15H19NO4S/c1-5-19-12(15(2,3)4)13-16-10(8-21-13)11-6-9(7-20-11)14(17)18/h6-8,12H,5H2,1-4H3,(H,17,18). The molecule has 0 aliphatic heterocycles. The van der Waals surface area contributed by atoms with Crippen molar-refractivity contribution in [2.45, 2.75) is 33.8 Å². The molecular weight excluding hydrogens is 290 g/mol. The minimum atomic E-state index is -1.01. The molecule has 2 heterocycles. The van der Waals surface area contributed by atoms with Gasteiger partial charge in [0.1, 0.15) is 23.1 Å². The number of ether oxygens (including phenoxy) is 1. The van der Waals surface area contributed by atoms with Gasteiger partial charge in [0.15, 0.2) is 5.76 Å². The monoisotopic (exact) mass is 309 g/mol. The number of aromatic carboxylic acids is 1. The average Bonchev–Trinajstić information content (AvgIpc) is 3.02. The third-order valence-corrected chi connectivity index (χ3v) is 3.85. The molecule has 2 rings (SSSR count). The molecule has 0 aliphatic rings. The molecule has 1 atom stereocenters. The fourth-order valence-electron chi connectivity index (χ4n) is 1.96. The highest BCUT2D eigenvalue weighted by Gasteiger charge is 2.29. The zero-order chi connectivity index (χ0) is 15.6. The quantitative estimate of drug-likeness (QED) is 0.895. The topological polar surface area (TPSA) is 72.6 Å². The molecule has 1 N–H and O–H groups in total. The number of rotatable bonds is 5. The fourth-order valence-corrected chi connectivity index (χ4v) is 3.06. The first-order valence-corrected chi connectivity index (χ1v) is 7.60. The van der Waals surface area contributed by atoms with Crippen LogP contribution in [0.3, 0.4) is 0 Å². The normalized spacial score (nSPS) is 13.3.